The van der Waals surface area contributed by atoms with E-state index in [9.17, 15) is 5.11 Å². The van der Waals surface area contributed by atoms with Crippen LogP contribution in [0.15, 0.2) is 54.6 Å². The van der Waals surface area contributed by atoms with Gasteiger partial charge in [0, 0.05) is 5.69 Å². The monoisotopic (exact) mass is 297 g/mol. The van der Waals surface area contributed by atoms with E-state index in [1.165, 1.54) is 5.56 Å². The van der Waals surface area contributed by atoms with E-state index >= 15 is 0 Å². The average Bonchev–Trinajstić information content (AvgIpc) is 2.90. The number of H-pyrrole nitrogens is 1. The summed E-state index contributed by atoms with van der Waals surface area (Å²) < 4.78 is 2.22. The second-order valence-corrected chi connectivity index (χ2v) is 5.26. The molecule has 2 N–H and O–H groups in total. The molecule has 1 heterocycles. The van der Waals surface area contributed by atoms with Crippen molar-refractivity contribution in [2.24, 2.45) is 0 Å². The molecule has 0 bridgehead atoms. The van der Waals surface area contributed by atoms with Gasteiger partial charge in [0.25, 0.3) is 0 Å². The molecule has 1 atom stereocenters. The van der Waals surface area contributed by atoms with Crippen LogP contribution >= 0.6 is 12.2 Å². The molecule has 0 fully saturated rings. The Kier molecular flexibility index (Phi) is 3.68. The number of hydrogen-bond donors (Lipinski definition) is 2. The van der Waals surface area contributed by atoms with Gasteiger partial charge in [0.05, 0.1) is 0 Å². The van der Waals surface area contributed by atoms with E-state index in [2.05, 4.69) is 10.2 Å². The van der Waals surface area contributed by atoms with Crippen molar-refractivity contribution in [2.45, 2.75) is 13.0 Å². The zero-order chi connectivity index (χ0) is 14.8. The van der Waals surface area contributed by atoms with Crippen LogP contribution in [0.5, 0.6) is 0 Å². The van der Waals surface area contributed by atoms with Gasteiger partial charge in [-0.15, -0.1) is 0 Å². The van der Waals surface area contributed by atoms with Crippen LogP contribution in [0.1, 0.15) is 23.1 Å². The zero-order valence-corrected chi connectivity index (χ0v) is 12.3. The number of aliphatic hydroxyl groups is 1. The maximum atomic E-state index is 10.6. The number of nitrogens with one attached hydrogen (secondary N) is 1. The smallest absolute Gasteiger partial charge is 0.199 e. The fourth-order valence-corrected chi connectivity index (χ4v) is 2.46. The van der Waals surface area contributed by atoms with Crippen LogP contribution in [0.3, 0.4) is 0 Å². The Morgan fingerprint density at radius 3 is 2.43 bits per heavy atom. The predicted octanol–water partition coefficient (Wildman–Crippen LogP) is 3.32. The zero-order valence-electron chi connectivity index (χ0n) is 11.5. The quantitative estimate of drug-likeness (QED) is 0.729. The summed E-state index contributed by atoms with van der Waals surface area (Å²) in [6.45, 7) is 2.03. The topological polar surface area (TPSA) is 53.8 Å². The average molecular weight is 297 g/mol. The molecule has 3 aromatic rings. The third-order valence-electron chi connectivity index (χ3n) is 3.35. The fraction of sp³-hybridized carbons (Fsp3) is 0.125. The number of aromatic amines is 1. The largest absolute Gasteiger partial charge is 0.380 e. The summed E-state index contributed by atoms with van der Waals surface area (Å²) in [5, 5.41) is 17.5. The Labute approximate surface area is 127 Å². The summed E-state index contributed by atoms with van der Waals surface area (Å²) in [7, 11) is 0. The van der Waals surface area contributed by atoms with Gasteiger partial charge in [0.2, 0.25) is 0 Å². The molecular weight excluding hydrogens is 282 g/mol. The van der Waals surface area contributed by atoms with Gasteiger partial charge in [-0.3, -0.25) is 9.67 Å². The molecule has 0 spiro atoms. The van der Waals surface area contributed by atoms with E-state index in [1.807, 2.05) is 61.5 Å². The summed E-state index contributed by atoms with van der Waals surface area (Å²) in [5.41, 5.74) is 2.82. The van der Waals surface area contributed by atoms with Crippen LogP contribution < -0.4 is 0 Å². The lowest BCUT2D eigenvalue weighted by atomic mass is 10.1. The van der Waals surface area contributed by atoms with E-state index in [0.29, 0.717) is 10.6 Å². The van der Waals surface area contributed by atoms with E-state index in [1.54, 1.807) is 4.57 Å². The van der Waals surface area contributed by atoms with Gasteiger partial charge >= 0.3 is 0 Å². The molecular formula is C16H15N3OS. The molecule has 4 nitrogen and oxygen atoms in total. The SMILES string of the molecule is Cc1ccc(-n2c(C(O)c3ccccc3)n[nH]c2=S)cc1. The van der Waals surface area contributed by atoms with Crippen LogP contribution in [-0.4, -0.2) is 19.9 Å². The third kappa shape index (κ3) is 2.66. The van der Waals surface area contributed by atoms with Gasteiger partial charge in [0.1, 0.15) is 6.10 Å². The van der Waals surface area contributed by atoms with Gasteiger partial charge < -0.3 is 5.11 Å². The molecule has 2 aromatic carbocycles. The van der Waals surface area contributed by atoms with Crippen molar-refractivity contribution in [1.29, 1.82) is 0 Å². The van der Waals surface area contributed by atoms with Crippen molar-refractivity contribution < 1.29 is 5.11 Å². The van der Waals surface area contributed by atoms with Crippen LogP contribution in [0.4, 0.5) is 0 Å². The number of nitrogens with zero attached hydrogens (tertiary/aromatic N) is 2. The number of rotatable bonds is 3. The molecule has 0 amide bonds. The lowest BCUT2D eigenvalue weighted by Crippen LogP contribution is -2.09. The van der Waals surface area contributed by atoms with Crippen molar-refractivity contribution in [3.05, 3.63) is 76.3 Å². The highest BCUT2D eigenvalue weighted by Crippen LogP contribution is 2.23. The van der Waals surface area contributed by atoms with Gasteiger partial charge in [-0.2, -0.15) is 5.10 Å². The van der Waals surface area contributed by atoms with Crippen molar-refractivity contribution in [1.82, 2.24) is 14.8 Å². The Bertz CT molecular complexity index is 790. The first-order valence-corrected chi connectivity index (χ1v) is 7.05. The van der Waals surface area contributed by atoms with E-state index in [-0.39, 0.29) is 0 Å². The van der Waals surface area contributed by atoms with E-state index < -0.39 is 6.10 Å². The fourth-order valence-electron chi connectivity index (χ4n) is 2.22. The molecule has 0 radical (unpaired) electrons. The number of hydrogen-bond acceptors (Lipinski definition) is 3. The first-order chi connectivity index (χ1) is 10.2. The highest BCUT2D eigenvalue weighted by molar-refractivity contribution is 7.71. The van der Waals surface area contributed by atoms with Crippen molar-refractivity contribution in [2.75, 3.05) is 0 Å². The minimum absolute atomic E-state index is 0.462. The summed E-state index contributed by atoms with van der Waals surface area (Å²) in [5.74, 6) is 0.482. The Morgan fingerprint density at radius 2 is 1.76 bits per heavy atom. The minimum Gasteiger partial charge on any atom is -0.380 e. The second kappa shape index (κ2) is 5.63. The van der Waals surface area contributed by atoms with Crippen molar-refractivity contribution >= 4 is 12.2 Å². The molecule has 0 aliphatic carbocycles. The van der Waals surface area contributed by atoms with Crippen LogP contribution in [0.25, 0.3) is 5.69 Å². The number of benzene rings is 2. The molecule has 0 saturated carbocycles. The highest BCUT2D eigenvalue weighted by atomic mass is 32.1. The Hall–Kier alpha value is -2.24. The normalized spacial score (nSPS) is 12.3. The molecule has 3 rings (SSSR count). The Balaban J connectivity index is 2.09. The van der Waals surface area contributed by atoms with E-state index in [4.69, 9.17) is 12.2 Å². The maximum Gasteiger partial charge on any atom is 0.199 e. The minimum atomic E-state index is -0.833. The van der Waals surface area contributed by atoms with Gasteiger partial charge in [-0.1, -0.05) is 48.0 Å². The second-order valence-electron chi connectivity index (χ2n) is 4.87. The maximum absolute atomic E-state index is 10.6. The summed E-state index contributed by atoms with van der Waals surface area (Å²) in [6, 6.07) is 17.3. The van der Waals surface area contributed by atoms with Crippen LogP contribution in [0.2, 0.25) is 0 Å². The lowest BCUT2D eigenvalue weighted by molar-refractivity contribution is 0.207. The lowest BCUT2D eigenvalue weighted by Gasteiger charge is -2.12. The Morgan fingerprint density at radius 1 is 1.10 bits per heavy atom. The van der Waals surface area contributed by atoms with Crippen molar-refractivity contribution in [3.8, 4) is 5.69 Å². The van der Waals surface area contributed by atoms with Crippen molar-refractivity contribution in [3.63, 3.8) is 0 Å². The third-order valence-corrected chi connectivity index (χ3v) is 3.62. The summed E-state index contributed by atoms with van der Waals surface area (Å²) >= 11 is 5.29. The molecule has 0 aliphatic rings. The van der Waals surface area contributed by atoms with Gasteiger partial charge in [-0.05, 0) is 36.8 Å². The first kappa shape index (κ1) is 13.7. The summed E-state index contributed by atoms with van der Waals surface area (Å²) in [6.07, 6.45) is -0.833. The molecule has 0 aliphatic heterocycles. The molecule has 106 valence electrons. The van der Waals surface area contributed by atoms with Crippen LogP contribution in [-0.2, 0) is 0 Å². The number of aryl methyl sites for hydroxylation is 1. The standard InChI is InChI=1S/C16H15N3OS/c1-11-7-9-13(10-8-11)19-15(17-18-16(19)21)14(20)12-5-3-2-4-6-12/h2-10,14,20H,1H3,(H,18,21). The van der Waals surface area contributed by atoms with Crippen LogP contribution in [0, 0.1) is 11.7 Å². The molecule has 0 saturated heterocycles. The predicted molar refractivity (Wildman–Crippen MR) is 84.0 cm³/mol. The molecule has 21 heavy (non-hydrogen) atoms. The first-order valence-electron chi connectivity index (χ1n) is 6.64. The number of aliphatic hydroxyl groups excluding tert-OH is 1. The summed E-state index contributed by atoms with van der Waals surface area (Å²) in [4.78, 5) is 0. The van der Waals surface area contributed by atoms with Gasteiger partial charge in [0.15, 0.2) is 10.6 Å². The highest BCUT2D eigenvalue weighted by Gasteiger charge is 2.18. The van der Waals surface area contributed by atoms with Gasteiger partial charge in [-0.25, -0.2) is 0 Å². The molecule has 5 heteroatoms. The number of aromatic nitrogens is 3. The van der Waals surface area contributed by atoms with E-state index in [0.717, 1.165) is 11.3 Å². The molecule has 1 unspecified atom stereocenters. The molecule has 1 aromatic heterocycles.